The molecule has 0 spiro atoms. The smallest absolute Gasteiger partial charge is 0.195 e. The molecule has 1 aliphatic rings. The standard InChI is InChI=1S/C7H13NOS/c1-7(2)5-8-3-4-10-6(7)9/h8H,3-5H2,1-2H3. The SMILES string of the molecule is CC1(C)CNCCSC1=O. The molecule has 0 aliphatic carbocycles. The molecular weight excluding hydrogens is 146 g/mol. The first-order valence-electron chi connectivity index (χ1n) is 3.51. The van der Waals surface area contributed by atoms with E-state index in [0.717, 1.165) is 18.8 Å². The largest absolute Gasteiger partial charge is 0.315 e. The first-order chi connectivity index (χ1) is 4.63. The molecule has 1 saturated heterocycles. The van der Waals surface area contributed by atoms with Gasteiger partial charge in [0.15, 0.2) is 5.12 Å². The predicted octanol–water partition coefficient (Wildman–Crippen LogP) is 0.876. The fraction of sp³-hybridized carbons (Fsp3) is 0.857. The Labute approximate surface area is 65.8 Å². The zero-order chi connectivity index (χ0) is 7.61. The average molecular weight is 159 g/mol. The fourth-order valence-electron chi connectivity index (χ4n) is 0.884. The molecule has 0 aromatic rings. The third kappa shape index (κ3) is 1.73. The van der Waals surface area contributed by atoms with Crippen LogP contribution in [-0.2, 0) is 4.79 Å². The van der Waals surface area contributed by atoms with Crippen LogP contribution in [0.2, 0.25) is 0 Å². The van der Waals surface area contributed by atoms with Gasteiger partial charge in [0.1, 0.15) is 0 Å². The first kappa shape index (κ1) is 8.08. The lowest BCUT2D eigenvalue weighted by Crippen LogP contribution is -2.32. The van der Waals surface area contributed by atoms with Gasteiger partial charge in [0.05, 0.1) is 0 Å². The normalized spacial score (nSPS) is 26.0. The van der Waals surface area contributed by atoms with E-state index >= 15 is 0 Å². The van der Waals surface area contributed by atoms with Gasteiger partial charge in [-0.1, -0.05) is 25.6 Å². The van der Waals surface area contributed by atoms with E-state index in [9.17, 15) is 4.79 Å². The fourth-order valence-corrected chi connectivity index (χ4v) is 1.78. The molecule has 1 N–H and O–H groups in total. The molecule has 0 atom stereocenters. The van der Waals surface area contributed by atoms with Crippen LogP contribution in [0.3, 0.4) is 0 Å². The zero-order valence-corrected chi connectivity index (χ0v) is 7.25. The van der Waals surface area contributed by atoms with Gasteiger partial charge in [0.25, 0.3) is 0 Å². The molecule has 0 aromatic carbocycles. The second kappa shape index (κ2) is 2.93. The highest BCUT2D eigenvalue weighted by atomic mass is 32.2. The van der Waals surface area contributed by atoms with Crippen LogP contribution in [0.15, 0.2) is 0 Å². The molecule has 2 nitrogen and oxygen atoms in total. The number of hydrogen-bond donors (Lipinski definition) is 1. The van der Waals surface area contributed by atoms with Crippen LogP contribution in [0.1, 0.15) is 13.8 Å². The Morgan fingerprint density at radius 3 is 3.00 bits per heavy atom. The minimum absolute atomic E-state index is 0.166. The highest BCUT2D eigenvalue weighted by Gasteiger charge is 2.28. The summed E-state index contributed by atoms with van der Waals surface area (Å²) in [7, 11) is 0. The van der Waals surface area contributed by atoms with Crippen molar-refractivity contribution in [3.05, 3.63) is 0 Å². The topological polar surface area (TPSA) is 29.1 Å². The van der Waals surface area contributed by atoms with Gasteiger partial charge >= 0.3 is 0 Å². The second-order valence-corrected chi connectivity index (χ2v) is 4.26. The Morgan fingerprint density at radius 2 is 2.30 bits per heavy atom. The van der Waals surface area contributed by atoms with Gasteiger partial charge in [-0.2, -0.15) is 0 Å². The third-order valence-electron chi connectivity index (χ3n) is 1.63. The van der Waals surface area contributed by atoms with Gasteiger partial charge < -0.3 is 5.32 Å². The molecule has 1 heterocycles. The third-order valence-corrected chi connectivity index (χ3v) is 2.85. The molecule has 0 radical (unpaired) electrons. The van der Waals surface area contributed by atoms with E-state index in [-0.39, 0.29) is 5.41 Å². The van der Waals surface area contributed by atoms with Crippen LogP contribution in [0, 0.1) is 5.41 Å². The summed E-state index contributed by atoms with van der Waals surface area (Å²) in [6.45, 7) is 5.75. The van der Waals surface area contributed by atoms with Crippen molar-refractivity contribution < 1.29 is 4.79 Å². The summed E-state index contributed by atoms with van der Waals surface area (Å²) in [5.74, 6) is 0.919. The van der Waals surface area contributed by atoms with Crippen molar-refractivity contribution in [1.29, 1.82) is 0 Å². The Kier molecular flexibility index (Phi) is 2.36. The Morgan fingerprint density at radius 1 is 1.60 bits per heavy atom. The van der Waals surface area contributed by atoms with Crippen molar-refractivity contribution in [3.8, 4) is 0 Å². The number of nitrogens with one attached hydrogen (secondary N) is 1. The molecule has 58 valence electrons. The van der Waals surface area contributed by atoms with Crippen LogP contribution in [-0.4, -0.2) is 24.0 Å². The quantitative estimate of drug-likeness (QED) is 0.569. The zero-order valence-electron chi connectivity index (χ0n) is 6.44. The van der Waals surface area contributed by atoms with E-state index in [1.165, 1.54) is 11.8 Å². The van der Waals surface area contributed by atoms with Gasteiger partial charge in [-0.05, 0) is 0 Å². The van der Waals surface area contributed by atoms with Crippen LogP contribution >= 0.6 is 11.8 Å². The summed E-state index contributed by atoms with van der Waals surface area (Å²) in [5.41, 5.74) is -0.166. The average Bonchev–Trinajstić information content (AvgIpc) is 1.96. The summed E-state index contributed by atoms with van der Waals surface area (Å²) in [6, 6.07) is 0. The van der Waals surface area contributed by atoms with Gasteiger partial charge in [-0.15, -0.1) is 0 Å². The van der Waals surface area contributed by atoms with Crippen LogP contribution in [0.5, 0.6) is 0 Å². The van der Waals surface area contributed by atoms with Gasteiger partial charge in [-0.3, -0.25) is 4.79 Å². The van der Waals surface area contributed by atoms with E-state index < -0.39 is 0 Å². The van der Waals surface area contributed by atoms with E-state index in [2.05, 4.69) is 5.32 Å². The van der Waals surface area contributed by atoms with Gasteiger partial charge in [0.2, 0.25) is 0 Å². The summed E-state index contributed by atoms with van der Waals surface area (Å²) in [5, 5.41) is 3.54. The van der Waals surface area contributed by atoms with Crippen molar-refractivity contribution in [2.24, 2.45) is 5.41 Å². The maximum Gasteiger partial charge on any atom is 0.195 e. The Hall–Kier alpha value is -0.0200. The van der Waals surface area contributed by atoms with E-state index in [0.29, 0.717) is 5.12 Å². The van der Waals surface area contributed by atoms with Crippen molar-refractivity contribution >= 4 is 16.9 Å². The van der Waals surface area contributed by atoms with Crippen molar-refractivity contribution in [3.63, 3.8) is 0 Å². The molecular formula is C7H13NOS. The second-order valence-electron chi connectivity index (χ2n) is 3.20. The summed E-state index contributed by atoms with van der Waals surface area (Å²) in [6.07, 6.45) is 0. The minimum atomic E-state index is -0.166. The van der Waals surface area contributed by atoms with E-state index in [4.69, 9.17) is 0 Å². The van der Waals surface area contributed by atoms with Crippen LogP contribution < -0.4 is 5.32 Å². The molecule has 1 rings (SSSR count). The van der Waals surface area contributed by atoms with Gasteiger partial charge in [-0.25, -0.2) is 0 Å². The molecule has 0 saturated carbocycles. The molecule has 0 aromatic heterocycles. The Balaban J connectivity index is 2.61. The molecule has 1 aliphatic heterocycles. The monoisotopic (exact) mass is 159 g/mol. The predicted molar refractivity (Wildman–Crippen MR) is 44.1 cm³/mol. The molecule has 0 bridgehead atoms. The lowest BCUT2D eigenvalue weighted by molar-refractivity contribution is -0.117. The summed E-state index contributed by atoms with van der Waals surface area (Å²) < 4.78 is 0. The van der Waals surface area contributed by atoms with Gasteiger partial charge in [0, 0.05) is 24.3 Å². The van der Waals surface area contributed by atoms with Crippen LogP contribution in [0.4, 0.5) is 0 Å². The maximum atomic E-state index is 11.3. The number of hydrogen-bond acceptors (Lipinski definition) is 3. The summed E-state index contributed by atoms with van der Waals surface area (Å²) in [4.78, 5) is 11.3. The minimum Gasteiger partial charge on any atom is -0.315 e. The first-order valence-corrected chi connectivity index (χ1v) is 4.49. The van der Waals surface area contributed by atoms with Crippen molar-refractivity contribution in [2.45, 2.75) is 13.8 Å². The summed E-state index contributed by atoms with van der Waals surface area (Å²) >= 11 is 1.44. The molecule has 1 fully saturated rings. The highest BCUT2D eigenvalue weighted by Crippen LogP contribution is 2.24. The molecule has 3 heteroatoms. The van der Waals surface area contributed by atoms with Crippen LogP contribution in [0.25, 0.3) is 0 Å². The number of carbonyl (C=O) groups is 1. The number of rotatable bonds is 0. The maximum absolute atomic E-state index is 11.3. The molecule has 10 heavy (non-hydrogen) atoms. The van der Waals surface area contributed by atoms with Crippen molar-refractivity contribution in [2.75, 3.05) is 18.8 Å². The van der Waals surface area contributed by atoms with E-state index in [1.807, 2.05) is 13.8 Å². The molecule has 0 amide bonds. The lowest BCUT2D eigenvalue weighted by atomic mass is 9.96. The van der Waals surface area contributed by atoms with Crippen molar-refractivity contribution in [1.82, 2.24) is 5.32 Å². The van der Waals surface area contributed by atoms with E-state index in [1.54, 1.807) is 0 Å². The molecule has 0 unspecified atom stereocenters. The Bertz CT molecular complexity index is 145. The lowest BCUT2D eigenvalue weighted by Gasteiger charge is -2.18. The number of carbonyl (C=O) groups excluding carboxylic acids is 1. The number of thioether (sulfide) groups is 1. The highest BCUT2D eigenvalue weighted by molar-refractivity contribution is 8.13.